The maximum absolute atomic E-state index is 12.9. The van der Waals surface area contributed by atoms with Gasteiger partial charge in [0, 0.05) is 37.1 Å². The van der Waals surface area contributed by atoms with Crippen molar-refractivity contribution in [3.8, 4) is 0 Å². The molecule has 164 valence electrons. The summed E-state index contributed by atoms with van der Waals surface area (Å²) in [7, 11) is 0. The zero-order chi connectivity index (χ0) is 21.0. The second kappa shape index (κ2) is 9.42. The fourth-order valence-electron chi connectivity index (χ4n) is 5.45. The summed E-state index contributed by atoms with van der Waals surface area (Å²) in [6, 6.07) is 7.98. The van der Waals surface area contributed by atoms with Crippen molar-refractivity contribution in [1.29, 1.82) is 0 Å². The number of pyridine rings is 2. The van der Waals surface area contributed by atoms with Crippen LogP contribution < -0.4 is 16.2 Å². The molecule has 2 saturated heterocycles. The molecule has 2 aliphatic heterocycles. The Hall–Kier alpha value is -2.35. The number of amides is 1. The highest BCUT2D eigenvalue weighted by atomic mass is 16.2. The minimum absolute atomic E-state index is 0.0173. The van der Waals surface area contributed by atoms with Gasteiger partial charge in [-0.1, -0.05) is 18.6 Å². The number of carbonyl (C=O) groups excluding carboxylic acids is 1. The van der Waals surface area contributed by atoms with E-state index in [1.54, 1.807) is 6.20 Å². The number of hydrogen-bond donors (Lipinski definition) is 3. The van der Waals surface area contributed by atoms with E-state index in [9.17, 15) is 4.79 Å². The molecule has 1 aliphatic carbocycles. The Morgan fingerprint density at radius 2 is 2.03 bits per heavy atom. The highest BCUT2D eigenvalue weighted by Gasteiger charge is 2.44. The number of piperidine rings is 1. The van der Waals surface area contributed by atoms with Crippen molar-refractivity contribution in [3.05, 3.63) is 54.0 Å². The number of hydrazine groups is 1. The molecule has 3 aliphatic rings. The van der Waals surface area contributed by atoms with Crippen molar-refractivity contribution in [2.24, 2.45) is 5.92 Å². The van der Waals surface area contributed by atoms with Gasteiger partial charge in [0.05, 0.1) is 0 Å². The first kappa shape index (κ1) is 20.5. The minimum atomic E-state index is -0.251. The van der Waals surface area contributed by atoms with Crippen LogP contribution in [-0.4, -0.2) is 45.9 Å². The van der Waals surface area contributed by atoms with Gasteiger partial charge in [0.1, 0.15) is 11.9 Å². The van der Waals surface area contributed by atoms with E-state index in [1.165, 1.54) is 43.5 Å². The van der Waals surface area contributed by atoms with Gasteiger partial charge in [-0.3, -0.25) is 20.1 Å². The maximum atomic E-state index is 12.9. The average molecular weight is 421 g/mol. The highest BCUT2D eigenvalue weighted by molar-refractivity contribution is 5.94. The molecule has 31 heavy (non-hydrogen) atoms. The molecule has 4 heterocycles. The molecule has 4 unspecified atom stereocenters. The van der Waals surface area contributed by atoms with E-state index in [0.717, 1.165) is 25.8 Å². The number of likely N-dealkylation sites (tertiary alicyclic amines) is 1. The smallest absolute Gasteiger partial charge is 0.244 e. The minimum Gasteiger partial charge on any atom is -0.309 e. The lowest BCUT2D eigenvalue weighted by molar-refractivity contribution is -0.119. The number of nitrogens with one attached hydrogen (secondary N) is 3. The third kappa shape index (κ3) is 4.79. The lowest BCUT2D eigenvalue weighted by Crippen LogP contribution is -2.42. The topological polar surface area (TPSA) is 82.2 Å². The summed E-state index contributed by atoms with van der Waals surface area (Å²) < 4.78 is 0. The monoisotopic (exact) mass is 420 g/mol. The van der Waals surface area contributed by atoms with Gasteiger partial charge in [0.2, 0.25) is 5.91 Å². The molecular formula is C24H32N6O. The second-order valence-corrected chi connectivity index (χ2v) is 9.21. The Bertz CT molecular complexity index is 885. The fraction of sp³-hybridized carbons (Fsp3) is 0.542. The maximum Gasteiger partial charge on any atom is 0.244 e. The summed E-state index contributed by atoms with van der Waals surface area (Å²) in [5.74, 6) is 1.28. The molecule has 7 heteroatoms. The van der Waals surface area contributed by atoms with Crippen LogP contribution in [0.3, 0.4) is 0 Å². The van der Waals surface area contributed by atoms with Gasteiger partial charge in [-0.15, -0.1) is 0 Å². The van der Waals surface area contributed by atoms with Crippen molar-refractivity contribution in [2.45, 2.75) is 63.1 Å². The number of fused-ring (bicyclic) bond motifs is 1. The summed E-state index contributed by atoms with van der Waals surface area (Å²) in [6.45, 7) is 3.39. The molecule has 1 saturated carbocycles. The summed E-state index contributed by atoms with van der Waals surface area (Å²) in [6.07, 6.45) is 12.9. The molecule has 7 nitrogen and oxygen atoms in total. The largest absolute Gasteiger partial charge is 0.309 e. The van der Waals surface area contributed by atoms with Crippen LogP contribution in [0.1, 0.15) is 55.6 Å². The number of hydrogen-bond acceptors (Lipinski definition) is 6. The first-order valence-corrected chi connectivity index (χ1v) is 11.7. The molecule has 0 spiro atoms. The molecule has 2 aromatic heterocycles. The van der Waals surface area contributed by atoms with E-state index in [1.807, 2.05) is 30.6 Å². The third-order valence-corrected chi connectivity index (χ3v) is 7.09. The molecule has 1 amide bonds. The lowest BCUT2D eigenvalue weighted by Gasteiger charge is -2.33. The fourth-order valence-corrected chi connectivity index (χ4v) is 5.45. The molecule has 4 atom stereocenters. The van der Waals surface area contributed by atoms with Crippen molar-refractivity contribution in [1.82, 2.24) is 25.7 Å². The summed E-state index contributed by atoms with van der Waals surface area (Å²) in [4.78, 5) is 24.3. The third-order valence-electron chi connectivity index (χ3n) is 7.09. The number of anilines is 1. The van der Waals surface area contributed by atoms with Gasteiger partial charge in [-0.2, -0.15) is 0 Å². The van der Waals surface area contributed by atoms with E-state index in [-0.39, 0.29) is 17.9 Å². The van der Waals surface area contributed by atoms with Gasteiger partial charge < -0.3 is 5.32 Å². The highest BCUT2D eigenvalue weighted by Crippen LogP contribution is 2.39. The molecule has 3 fully saturated rings. The first-order chi connectivity index (χ1) is 15.3. The van der Waals surface area contributed by atoms with Crippen LogP contribution in [0.25, 0.3) is 0 Å². The van der Waals surface area contributed by atoms with Gasteiger partial charge in [0.25, 0.3) is 0 Å². The number of nitrogens with zero attached hydrogens (tertiary/aromatic N) is 3. The van der Waals surface area contributed by atoms with E-state index >= 15 is 0 Å². The molecule has 0 radical (unpaired) electrons. The van der Waals surface area contributed by atoms with Gasteiger partial charge >= 0.3 is 0 Å². The predicted molar refractivity (Wildman–Crippen MR) is 120 cm³/mol. The summed E-state index contributed by atoms with van der Waals surface area (Å²) in [5, 5.41) is 2.96. The quantitative estimate of drug-likeness (QED) is 0.690. The molecular weight excluding hydrogens is 388 g/mol. The van der Waals surface area contributed by atoms with Gasteiger partial charge in [-0.05, 0) is 74.4 Å². The van der Waals surface area contributed by atoms with Crippen LogP contribution >= 0.6 is 0 Å². The number of aromatic nitrogens is 2. The van der Waals surface area contributed by atoms with Crippen LogP contribution in [0, 0.1) is 5.92 Å². The normalized spacial score (nSPS) is 28.8. The second-order valence-electron chi connectivity index (χ2n) is 9.21. The van der Waals surface area contributed by atoms with E-state index < -0.39 is 0 Å². The van der Waals surface area contributed by atoms with Crippen molar-refractivity contribution in [2.75, 3.05) is 18.4 Å². The zero-order valence-electron chi connectivity index (χ0n) is 18.0. The van der Waals surface area contributed by atoms with Gasteiger partial charge in [0.15, 0.2) is 0 Å². The van der Waals surface area contributed by atoms with Crippen LogP contribution in [0.15, 0.2) is 42.9 Å². The molecule has 5 rings (SSSR count). The lowest BCUT2D eigenvalue weighted by atomic mass is 9.73. The standard InChI is InChI=1S/C24H32N6O/c31-24(27-22-6-2-3-9-26-22)23-20-13-18(7-8-21(20)28-29-23)19-12-17(14-25-15-19)16-30-10-4-1-5-11-30/h2-3,6,9,12,14-15,18,20-21,23,28-29H,1,4-5,7-8,10-11,13,16H2,(H,26,27,31). The Kier molecular flexibility index (Phi) is 6.25. The van der Waals surface area contributed by atoms with Crippen LogP contribution in [-0.2, 0) is 11.3 Å². The molecule has 0 aromatic carbocycles. The Balaban J connectivity index is 1.25. The van der Waals surface area contributed by atoms with E-state index in [2.05, 4.69) is 37.1 Å². The SMILES string of the molecule is O=C(Nc1ccccn1)C1NNC2CCC(c3cncc(CN4CCCCC4)c3)CC21. The van der Waals surface area contributed by atoms with Gasteiger partial charge in [-0.25, -0.2) is 10.4 Å². The molecule has 2 aromatic rings. The van der Waals surface area contributed by atoms with E-state index in [0.29, 0.717) is 17.8 Å². The zero-order valence-corrected chi connectivity index (χ0v) is 18.0. The Morgan fingerprint density at radius 3 is 2.87 bits per heavy atom. The van der Waals surface area contributed by atoms with Crippen LogP contribution in [0.5, 0.6) is 0 Å². The first-order valence-electron chi connectivity index (χ1n) is 11.7. The Morgan fingerprint density at radius 1 is 1.13 bits per heavy atom. The van der Waals surface area contributed by atoms with E-state index in [4.69, 9.17) is 0 Å². The molecule has 3 N–H and O–H groups in total. The van der Waals surface area contributed by atoms with Crippen molar-refractivity contribution < 1.29 is 4.79 Å². The molecule has 0 bridgehead atoms. The Labute approximate surface area is 184 Å². The predicted octanol–water partition coefficient (Wildman–Crippen LogP) is 2.83. The number of carbonyl (C=O) groups is 1. The average Bonchev–Trinajstić information content (AvgIpc) is 3.24. The summed E-state index contributed by atoms with van der Waals surface area (Å²) >= 11 is 0. The van der Waals surface area contributed by atoms with Crippen molar-refractivity contribution in [3.63, 3.8) is 0 Å². The number of rotatable bonds is 5. The summed E-state index contributed by atoms with van der Waals surface area (Å²) in [5.41, 5.74) is 9.24. The van der Waals surface area contributed by atoms with Crippen LogP contribution in [0.2, 0.25) is 0 Å². The van der Waals surface area contributed by atoms with Crippen molar-refractivity contribution >= 4 is 11.7 Å². The van der Waals surface area contributed by atoms with Crippen LogP contribution in [0.4, 0.5) is 5.82 Å².